The Hall–Kier alpha value is -0.870. The molecule has 18 heavy (non-hydrogen) atoms. The molecule has 0 amide bonds. The molecule has 0 aliphatic heterocycles. The summed E-state index contributed by atoms with van der Waals surface area (Å²) in [4.78, 5) is 10.8. The summed E-state index contributed by atoms with van der Waals surface area (Å²) in [7, 11) is 0. The Morgan fingerprint density at radius 2 is 2.17 bits per heavy atom. The van der Waals surface area contributed by atoms with Crippen LogP contribution in [0.3, 0.4) is 0 Å². The van der Waals surface area contributed by atoms with Gasteiger partial charge in [-0.1, -0.05) is 26.8 Å². The SMILES string of the molecule is CCOC1CC(NC/C=C(/CC)C(=O)O)C1(C)C. The maximum atomic E-state index is 10.8. The normalized spacial score (nSPS) is 26.8. The fraction of sp³-hybridized carbons (Fsp3) is 0.786. The first-order chi connectivity index (χ1) is 8.43. The van der Waals surface area contributed by atoms with Crippen LogP contribution in [0.15, 0.2) is 11.6 Å². The van der Waals surface area contributed by atoms with E-state index in [1.165, 1.54) is 0 Å². The van der Waals surface area contributed by atoms with Crippen LogP contribution in [0.25, 0.3) is 0 Å². The first-order valence-electron chi connectivity index (χ1n) is 6.70. The Morgan fingerprint density at radius 3 is 2.61 bits per heavy atom. The van der Waals surface area contributed by atoms with Crippen molar-refractivity contribution in [1.82, 2.24) is 5.32 Å². The molecule has 1 fully saturated rings. The molecule has 0 spiro atoms. The second-order valence-corrected chi connectivity index (χ2v) is 5.35. The molecule has 104 valence electrons. The third-order valence-electron chi connectivity index (χ3n) is 3.91. The van der Waals surface area contributed by atoms with Gasteiger partial charge in [0, 0.05) is 30.2 Å². The van der Waals surface area contributed by atoms with Gasteiger partial charge in [0.15, 0.2) is 0 Å². The lowest BCUT2D eigenvalue weighted by Gasteiger charge is -2.51. The van der Waals surface area contributed by atoms with Crippen LogP contribution < -0.4 is 5.32 Å². The van der Waals surface area contributed by atoms with Gasteiger partial charge in [0.05, 0.1) is 6.10 Å². The summed E-state index contributed by atoms with van der Waals surface area (Å²) in [5.74, 6) is -0.820. The molecule has 2 unspecified atom stereocenters. The van der Waals surface area contributed by atoms with Crippen molar-refractivity contribution in [3.63, 3.8) is 0 Å². The number of carboxylic acid groups (broad SMARTS) is 1. The van der Waals surface area contributed by atoms with Gasteiger partial charge in [0.2, 0.25) is 0 Å². The van der Waals surface area contributed by atoms with Crippen LogP contribution in [0.1, 0.15) is 40.5 Å². The number of nitrogens with one attached hydrogen (secondary N) is 1. The lowest BCUT2D eigenvalue weighted by molar-refractivity contribution is -0.132. The maximum absolute atomic E-state index is 10.8. The minimum Gasteiger partial charge on any atom is -0.478 e. The first kappa shape index (κ1) is 15.2. The molecular weight excluding hydrogens is 230 g/mol. The van der Waals surface area contributed by atoms with Crippen LogP contribution >= 0.6 is 0 Å². The number of hydrogen-bond donors (Lipinski definition) is 2. The Kier molecular flexibility index (Phi) is 5.35. The summed E-state index contributed by atoms with van der Waals surface area (Å²) in [5, 5.41) is 12.3. The molecule has 2 atom stereocenters. The monoisotopic (exact) mass is 255 g/mol. The zero-order valence-corrected chi connectivity index (χ0v) is 11.8. The van der Waals surface area contributed by atoms with Crippen LogP contribution in [0.4, 0.5) is 0 Å². The van der Waals surface area contributed by atoms with E-state index in [1.54, 1.807) is 6.08 Å². The summed E-state index contributed by atoms with van der Waals surface area (Å²) < 4.78 is 5.66. The number of ether oxygens (including phenoxy) is 1. The minimum absolute atomic E-state index is 0.124. The van der Waals surface area contributed by atoms with Gasteiger partial charge in [-0.15, -0.1) is 0 Å². The lowest BCUT2D eigenvalue weighted by atomic mass is 9.64. The topological polar surface area (TPSA) is 58.6 Å². The van der Waals surface area contributed by atoms with E-state index >= 15 is 0 Å². The van der Waals surface area contributed by atoms with Gasteiger partial charge in [0.1, 0.15) is 0 Å². The fourth-order valence-electron chi connectivity index (χ4n) is 2.42. The van der Waals surface area contributed by atoms with Crippen molar-refractivity contribution in [2.45, 2.75) is 52.7 Å². The molecule has 1 saturated carbocycles. The van der Waals surface area contributed by atoms with Crippen LogP contribution in [-0.4, -0.2) is 36.4 Å². The van der Waals surface area contributed by atoms with Gasteiger partial charge in [-0.3, -0.25) is 0 Å². The summed E-state index contributed by atoms with van der Waals surface area (Å²) in [6.45, 7) is 9.62. The summed E-state index contributed by atoms with van der Waals surface area (Å²) >= 11 is 0. The number of rotatable bonds is 7. The van der Waals surface area contributed by atoms with Crippen LogP contribution in [0, 0.1) is 5.41 Å². The van der Waals surface area contributed by atoms with Gasteiger partial charge < -0.3 is 15.2 Å². The van der Waals surface area contributed by atoms with Crippen molar-refractivity contribution in [3.05, 3.63) is 11.6 Å². The second kappa shape index (κ2) is 6.34. The van der Waals surface area contributed by atoms with E-state index in [4.69, 9.17) is 9.84 Å². The Labute approximate surface area is 109 Å². The highest BCUT2D eigenvalue weighted by Crippen LogP contribution is 2.42. The van der Waals surface area contributed by atoms with Crippen molar-refractivity contribution >= 4 is 5.97 Å². The van der Waals surface area contributed by atoms with E-state index in [-0.39, 0.29) is 5.41 Å². The largest absolute Gasteiger partial charge is 0.478 e. The van der Waals surface area contributed by atoms with Crippen LogP contribution in [0.2, 0.25) is 0 Å². The zero-order chi connectivity index (χ0) is 13.8. The highest BCUT2D eigenvalue weighted by atomic mass is 16.5. The molecule has 0 saturated heterocycles. The first-order valence-corrected chi connectivity index (χ1v) is 6.70. The molecule has 0 heterocycles. The molecule has 1 rings (SSSR count). The summed E-state index contributed by atoms with van der Waals surface area (Å²) in [5.41, 5.74) is 0.598. The molecule has 1 aliphatic carbocycles. The number of carboxylic acids is 1. The fourth-order valence-corrected chi connectivity index (χ4v) is 2.42. The van der Waals surface area contributed by atoms with Crippen LogP contribution in [-0.2, 0) is 9.53 Å². The van der Waals surface area contributed by atoms with Gasteiger partial charge >= 0.3 is 5.97 Å². The molecule has 0 aromatic heterocycles. The second-order valence-electron chi connectivity index (χ2n) is 5.35. The van der Waals surface area contributed by atoms with E-state index in [1.807, 2.05) is 13.8 Å². The molecule has 2 N–H and O–H groups in total. The molecule has 0 aromatic carbocycles. The van der Waals surface area contributed by atoms with E-state index in [0.29, 0.717) is 30.7 Å². The highest BCUT2D eigenvalue weighted by molar-refractivity contribution is 5.86. The van der Waals surface area contributed by atoms with Crippen molar-refractivity contribution in [1.29, 1.82) is 0 Å². The smallest absolute Gasteiger partial charge is 0.331 e. The van der Waals surface area contributed by atoms with Gasteiger partial charge in [-0.25, -0.2) is 4.79 Å². The molecule has 4 heteroatoms. The molecule has 4 nitrogen and oxygen atoms in total. The molecule has 0 bridgehead atoms. The van der Waals surface area contributed by atoms with E-state index in [0.717, 1.165) is 13.0 Å². The van der Waals surface area contributed by atoms with Gasteiger partial charge in [-0.2, -0.15) is 0 Å². The number of aliphatic carboxylic acids is 1. The Balaban J connectivity index is 2.40. The van der Waals surface area contributed by atoms with E-state index < -0.39 is 5.97 Å². The van der Waals surface area contributed by atoms with Crippen LogP contribution in [0.5, 0.6) is 0 Å². The predicted octanol–water partition coefficient (Wildman–Crippen LogP) is 2.20. The zero-order valence-electron chi connectivity index (χ0n) is 11.8. The Bertz CT molecular complexity index is 323. The molecule has 0 aromatic rings. The molecule has 0 radical (unpaired) electrons. The summed E-state index contributed by atoms with van der Waals surface area (Å²) in [6, 6.07) is 0.400. The third kappa shape index (κ3) is 3.33. The average Bonchev–Trinajstić information content (AvgIpc) is 2.31. The van der Waals surface area contributed by atoms with Crippen molar-refractivity contribution < 1.29 is 14.6 Å². The highest BCUT2D eigenvalue weighted by Gasteiger charge is 2.48. The van der Waals surface area contributed by atoms with Gasteiger partial charge in [-0.05, 0) is 19.8 Å². The van der Waals surface area contributed by atoms with E-state index in [9.17, 15) is 4.79 Å². The average molecular weight is 255 g/mol. The third-order valence-corrected chi connectivity index (χ3v) is 3.91. The van der Waals surface area contributed by atoms with Gasteiger partial charge in [0.25, 0.3) is 0 Å². The molecule has 1 aliphatic rings. The lowest BCUT2D eigenvalue weighted by Crippen LogP contribution is -2.60. The van der Waals surface area contributed by atoms with Crippen molar-refractivity contribution in [2.24, 2.45) is 5.41 Å². The van der Waals surface area contributed by atoms with Crippen molar-refractivity contribution in [3.8, 4) is 0 Å². The predicted molar refractivity (Wildman–Crippen MR) is 71.6 cm³/mol. The maximum Gasteiger partial charge on any atom is 0.331 e. The minimum atomic E-state index is -0.820. The Morgan fingerprint density at radius 1 is 1.50 bits per heavy atom. The van der Waals surface area contributed by atoms with E-state index in [2.05, 4.69) is 19.2 Å². The summed E-state index contributed by atoms with van der Waals surface area (Å²) in [6.07, 6.45) is 3.65. The standard InChI is InChI=1S/C14H25NO3/c1-5-10(13(16)17)7-8-15-11-9-12(18-6-2)14(11,3)4/h7,11-12,15H,5-6,8-9H2,1-4H3,(H,16,17)/b10-7-. The van der Waals surface area contributed by atoms with Crippen molar-refractivity contribution in [2.75, 3.05) is 13.2 Å². The molecular formula is C14H25NO3. The quantitative estimate of drug-likeness (QED) is 0.685. The number of carbonyl (C=O) groups is 1. The number of hydrogen-bond acceptors (Lipinski definition) is 3.